The molecule has 0 spiro atoms. The third kappa shape index (κ3) is 2.95. The molecule has 1 aliphatic heterocycles. The lowest BCUT2D eigenvalue weighted by Crippen LogP contribution is -2.25. The van der Waals surface area contributed by atoms with Gasteiger partial charge in [-0.15, -0.1) is 0 Å². The van der Waals surface area contributed by atoms with Crippen LogP contribution in [0.15, 0.2) is 24.5 Å². The number of hydrogen-bond acceptors (Lipinski definition) is 4. The van der Waals surface area contributed by atoms with Crippen LogP contribution in [0.3, 0.4) is 0 Å². The molecular formula is C15H18N4O2. The summed E-state index contributed by atoms with van der Waals surface area (Å²) in [5.41, 5.74) is 3.40. The summed E-state index contributed by atoms with van der Waals surface area (Å²) in [5, 5.41) is 9.84. The van der Waals surface area contributed by atoms with E-state index in [1.165, 1.54) is 0 Å². The van der Waals surface area contributed by atoms with Gasteiger partial charge in [0.15, 0.2) is 0 Å². The molecular weight excluding hydrogens is 268 g/mol. The molecule has 21 heavy (non-hydrogen) atoms. The molecule has 1 atom stereocenters. The SMILES string of the molecule is Cc1cccnc1CNC(=O)c1cn[nH]c1[C@@H]1CCOC1. The molecule has 3 heterocycles. The summed E-state index contributed by atoms with van der Waals surface area (Å²) in [5.74, 6) is 0.0977. The number of H-pyrrole nitrogens is 1. The van der Waals surface area contributed by atoms with Crippen LogP contribution in [-0.4, -0.2) is 34.3 Å². The van der Waals surface area contributed by atoms with E-state index in [4.69, 9.17) is 4.74 Å². The fourth-order valence-corrected chi connectivity index (χ4v) is 2.51. The number of pyridine rings is 1. The summed E-state index contributed by atoms with van der Waals surface area (Å²) in [7, 11) is 0. The van der Waals surface area contributed by atoms with Crippen LogP contribution in [0.25, 0.3) is 0 Å². The lowest BCUT2D eigenvalue weighted by Gasteiger charge is -2.09. The number of aryl methyl sites for hydroxylation is 1. The van der Waals surface area contributed by atoms with Crippen molar-refractivity contribution in [2.75, 3.05) is 13.2 Å². The van der Waals surface area contributed by atoms with Gasteiger partial charge in [-0.3, -0.25) is 14.9 Å². The number of ether oxygens (including phenoxy) is 1. The molecule has 2 aromatic rings. The maximum absolute atomic E-state index is 12.3. The number of hydrogen-bond donors (Lipinski definition) is 2. The maximum Gasteiger partial charge on any atom is 0.255 e. The Bertz CT molecular complexity index is 632. The maximum atomic E-state index is 12.3. The van der Waals surface area contributed by atoms with E-state index in [0.29, 0.717) is 18.7 Å². The standard InChI is InChI=1S/C15H18N4O2/c1-10-3-2-5-16-13(10)8-17-15(20)12-7-18-19-14(12)11-4-6-21-9-11/h2-3,5,7,11H,4,6,8-9H2,1H3,(H,17,20)(H,18,19)/t11-/m1/s1. The van der Waals surface area contributed by atoms with E-state index in [0.717, 1.165) is 30.0 Å². The van der Waals surface area contributed by atoms with Gasteiger partial charge in [-0.2, -0.15) is 5.10 Å². The normalized spacial score (nSPS) is 17.9. The minimum Gasteiger partial charge on any atom is -0.381 e. The monoisotopic (exact) mass is 286 g/mol. The van der Waals surface area contributed by atoms with Crippen LogP contribution in [-0.2, 0) is 11.3 Å². The molecule has 6 heteroatoms. The zero-order valence-corrected chi connectivity index (χ0v) is 11.9. The third-order valence-corrected chi connectivity index (χ3v) is 3.79. The van der Waals surface area contributed by atoms with Gasteiger partial charge in [0.25, 0.3) is 5.91 Å². The van der Waals surface area contributed by atoms with Crippen LogP contribution in [0.4, 0.5) is 0 Å². The molecule has 110 valence electrons. The Morgan fingerprint density at radius 3 is 3.24 bits per heavy atom. The van der Waals surface area contributed by atoms with Crippen molar-refractivity contribution in [1.82, 2.24) is 20.5 Å². The van der Waals surface area contributed by atoms with Gasteiger partial charge in [0.1, 0.15) is 0 Å². The van der Waals surface area contributed by atoms with Gasteiger partial charge >= 0.3 is 0 Å². The van der Waals surface area contributed by atoms with Gasteiger partial charge in [0.05, 0.1) is 36.3 Å². The van der Waals surface area contributed by atoms with Gasteiger partial charge in [-0.25, -0.2) is 0 Å². The highest BCUT2D eigenvalue weighted by Crippen LogP contribution is 2.26. The molecule has 1 aliphatic rings. The lowest BCUT2D eigenvalue weighted by atomic mass is 10.0. The Hall–Kier alpha value is -2.21. The molecule has 0 saturated carbocycles. The Morgan fingerprint density at radius 2 is 2.48 bits per heavy atom. The average molecular weight is 286 g/mol. The Morgan fingerprint density at radius 1 is 1.57 bits per heavy atom. The predicted octanol–water partition coefficient (Wildman–Crippen LogP) is 1.55. The zero-order valence-electron chi connectivity index (χ0n) is 11.9. The van der Waals surface area contributed by atoms with Crippen LogP contribution in [0.1, 0.15) is 39.6 Å². The third-order valence-electron chi connectivity index (χ3n) is 3.79. The highest BCUT2D eigenvalue weighted by atomic mass is 16.5. The summed E-state index contributed by atoms with van der Waals surface area (Å²) in [6.07, 6.45) is 4.23. The van der Waals surface area contributed by atoms with Gasteiger partial charge in [-0.05, 0) is 25.0 Å². The second kappa shape index (κ2) is 6.05. The van der Waals surface area contributed by atoms with E-state index >= 15 is 0 Å². The fourth-order valence-electron chi connectivity index (χ4n) is 2.51. The van der Waals surface area contributed by atoms with Crippen molar-refractivity contribution < 1.29 is 9.53 Å². The first-order valence-corrected chi connectivity index (χ1v) is 7.05. The number of aromatic nitrogens is 3. The van der Waals surface area contributed by atoms with Gasteiger partial charge in [0.2, 0.25) is 0 Å². The Labute approximate surface area is 122 Å². The zero-order chi connectivity index (χ0) is 14.7. The van der Waals surface area contributed by atoms with E-state index in [9.17, 15) is 4.79 Å². The highest BCUT2D eigenvalue weighted by Gasteiger charge is 2.25. The van der Waals surface area contributed by atoms with Crippen LogP contribution < -0.4 is 5.32 Å². The molecule has 2 N–H and O–H groups in total. The molecule has 0 aliphatic carbocycles. The van der Waals surface area contributed by atoms with Crippen LogP contribution in [0.5, 0.6) is 0 Å². The number of carbonyl (C=O) groups is 1. The number of carbonyl (C=O) groups excluding carboxylic acids is 1. The van der Waals surface area contributed by atoms with Crippen molar-refractivity contribution >= 4 is 5.91 Å². The highest BCUT2D eigenvalue weighted by molar-refractivity contribution is 5.95. The minimum atomic E-state index is -0.129. The second-order valence-electron chi connectivity index (χ2n) is 5.21. The van der Waals surface area contributed by atoms with E-state index in [2.05, 4.69) is 20.5 Å². The van der Waals surface area contributed by atoms with Crippen molar-refractivity contribution in [3.05, 3.63) is 47.0 Å². The van der Waals surface area contributed by atoms with Gasteiger partial charge in [-0.1, -0.05) is 6.07 Å². The summed E-state index contributed by atoms with van der Waals surface area (Å²) in [6.45, 7) is 3.77. The largest absolute Gasteiger partial charge is 0.381 e. The number of nitrogens with one attached hydrogen (secondary N) is 2. The van der Waals surface area contributed by atoms with Crippen molar-refractivity contribution in [3.63, 3.8) is 0 Å². The molecule has 0 radical (unpaired) electrons. The van der Waals surface area contributed by atoms with Crippen LogP contribution in [0, 0.1) is 6.92 Å². The van der Waals surface area contributed by atoms with E-state index in [-0.39, 0.29) is 11.8 Å². The Kier molecular flexibility index (Phi) is 3.96. The fraction of sp³-hybridized carbons (Fsp3) is 0.400. The lowest BCUT2D eigenvalue weighted by molar-refractivity contribution is 0.0949. The minimum absolute atomic E-state index is 0.129. The van der Waals surface area contributed by atoms with Crippen molar-refractivity contribution in [2.45, 2.75) is 25.8 Å². The molecule has 6 nitrogen and oxygen atoms in total. The molecule has 0 aromatic carbocycles. The van der Waals surface area contributed by atoms with Gasteiger partial charge in [0, 0.05) is 18.7 Å². The van der Waals surface area contributed by atoms with Gasteiger partial charge < -0.3 is 10.1 Å². The first-order chi connectivity index (χ1) is 10.3. The number of rotatable bonds is 4. The molecule has 1 saturated heterocycles. The van der Waals surface area contributed by atoms with E-state index < -0.39 is 0 Å². The average Bonchev–Trinajstić information content (AvgIpc) is 3.16. The van der Waals surface area contributed by atoms with E-state index in [1.54, 1.807) is 12.4 Å². The summed E-state index contributed by atoms with van der Waals surface area (Å²) in [4.78, 5) is 16.6. The molecule has 1 amide bonds. The molecule has 0 bridgehead atoms. The topological polar surface area (TPSA) is 79.9 Å². The smallest absolute Gasteiger partial charge is 0.255 e. The number of nitrogens with zero attached hydrogens (tertiary/aromatic N) is 2. The van der Waals surface area contributed by atoms with E-state index in [1.807, 2.05) is 19.1 Å². The van der Waals surface area contributed by atoms with Crippen molar-refractivity contribution in [3.8, 4) is 0 Å². The van der Waals surface area contributed by atoms with Crippen LogP contribution in [0.2, 0.25) is 0 Å². The second-order valence-corrected chi connectivity index (χ2v) is 5.21. The first kappa shape index (κ1) is 13.8. The summed E-state index contributed by atoms with van der Waals surface area (Å²) in [6, 6.07) is 3.86. The molecule has 0 unspecified atom stereocenters. The molecule has 2 aromatic heterocycles. The molecule has 3 rings (SSSR count). The number of aromatic amines is 1. The number of amides is 1. The van der Waals surface area contributed by atoms with Crippen LogP contribution >= 0.6 is 0 Å². The first-order valence-electron chi connectivity index (χ1n) is 7.05. The van der Waals surface area contributed by atoms with Crippen molar-refractivity contribution in [2.24, 2.45) is 0 Å². The quantitative estimate of drug-likeness (QED) is 0.893. The predicted molar refractivity (Wildman–Crippen MR) is 76.9 cm³/mol. The van der Waals surface area contributed by atoms with Crippen molar-refractivity contribution in [1.29, 1.82) is 0 Å². The molecule has 1 fully saturated rings. The Balaban J connectivity index is 1.69. The summed E-state index contributed by atoms with van der Waals surface area (Å²) >= 11 is 0. The summed E-state index contributed by atoms with van der Waals surface area (Å²) < 4.78 is 5.37.